The maximum Gasteiger partial charge on any atom is 0.326 e. The fourth-order valence-corrected chi connectivity index (χ4v) is 2.86. The number of rotatable bonds is 4. The standard InChI is InChI=1S/C13H21NO4/c15-12(10-6-7-18-8-10)14-11(13(16)17)9-4-2-1-3-5-9/h9-11H,1-8H2,(H,14,15)(H,16,17). The van der Waals surface area contributed by atoms with Crippen molar-refractivity contribution in [2.24, 2.45) is 11.8 Å². The summed E-state index contributed by atoms with van der Waals surface area (Å²) in [6.07, 6.45) is 5.81. The van der Waals surface area contributed by atoms with E-state index in [0.717, 1.165) is 25.7 Å². The molecule has 2 rings (SSSR count). The molecule has 0 spiro atoms. The predicted molar refractivity (Wildman–Crippen MR) is 65.1 cm³/mol. The third-order valence-corrected chi connectivity index (χ3v) is 3.99. The first-order chi connectivity index (χ1) is 8.68. The van der Waals surface area contributed by atoms with E-state index < -0.39 is 12.0 Å². The van der Waals surface area contributed by atoms with Crippen LogP contribution in [-0.2, 0) is 14.3 Å². The van der Waals surface area contributed by atoms with Crippen LogP contribution in [0.3, 0.4) is 0 Å². The molecular formula is C13H21NO4. The minimum Gasteiger partial charge on any atom is -0.480 e. The number of nitrogens with one attached hydrogen (secondary N) is 1. The summed E-state index contributed by atoms with van der Waals surface area (Å²) in [4.78, 5) is 23.3. The van der Waals surface area contributed by atoms with Crippen LogP contribution in [0.4, 0.5) is 0 Å². The van der Waals surface area contributed by atoms with E-state index in [9.17, 15) is 14.7 Å². The summed E-state index contributed by atoms with van der Waals surface area (Å²) in [6.45, 7) is 1.02. The lowest BCUT2D eigenvalue weighted by molar-refractivity contribution is -0.144. The Morgan fingerprint density at radius 2 is 1.89 bits per heavy atom. The van der Waals surface area contributed by atoms with Gasteiger partial charge in [-0.2, -0.15) is 0 Å². The molecule has 1 aliphatic heterocycles. The highest BCUT2D eigenvalue weighted by atomic mass is 16.5. The molecule has 1 amide bonds. The highest BCUT2D eigenvalue weighted by Gasteiger charge is 2.33. The zero-order valence-corrected chi connectivity index (χ0v) is 10.6. The summed E-state index contributed by atoms with van der Waals surface area (Å²) >= 11 is 0. The number of carboxylic acids is 1. The molecule has 1 saturated heterocycles. The SMILES string of the molecule is O=C(NC(C(=O)O)C1CCCCC1)C1CCOC1. The van der Waals surface area contributed by atoms with E-state index in [4.69, 9.17) is 4.74 Å². The van der Waals surface area contributed by atoms with E-state index in [1.807, 2.05) is 0 Å². The topological polar surface area (TPSA) is 75.6 Å². The summed E-state index contributed by atoms with van der Waals surface area (Å²) in [7, 11) is 0. The van der Waals surface area contributed by atoms with Gasteiger partial charge in [0.2, 0.25) is 5.91 Å². The second kappa shape index (κ2) is 6.18. The lowest BCUT2D eigenvalue weighted by Gasteiger charge is -2.28. The molecule has 0 aromatic carbocycles. The second-order valence-electron chi connectivity index (χ2n) is 5.28. The maximum absolute atomic E-state index is 11.9. The Kier molecular flexibility index (Phi) is 4.58. The van der Waals surface area contributed by atoms with Crippen LogP contribution in [0.5, 0.6) is 0 Å². The van der Waals surface area contributed by atoms with E-state index >= 15 is 0 Å². The highest BCUT2D eigenvalue weighted by Crippen LogP contribution is 2.27. The summed E-state index contributed by atoms with van der Waals surface area (Å²) in [5.74, 6) is -1.15. The molecule has 102 valence electrons. The van der Waals surface area contributed by atoms with E-state index in [1.54, 1.807) is 0 Å². The van der Waals surface area contributed by atoms with Gasteiger partial charge in [0.05, 0.1) is 12.5 Å². The predicted octanol–water partition coefficient (Wildman–Crippen LogP) is 1.17. The third kappa shape index (κ3) is 3.22. The van der Waals surface area contributed by atoms with Crippen LogP contribution in [0.1, 0.15) is 38.5 Å². The molecule has 5 heteroatoms. The Morgan fingerprint density at radius 1 is 1.17 bits per heavy atom. The van der Waals surface area contributed by atoms with Crippen molar-refractivity contribution in [3.8, 4) is 0 Å². The van der Waals surface area contributed by atoms with Crippen LogP contribution in [0.2, 0.25) is 0 Å². The molecule has 0 radical (unpaired) electrons. The van der Waals surface area contributed by atoms with Gasteiger partial charge in [0.25, 0.3) is 0 Å². The van der Waals surface area contributed by atoms with Crippen molar-refractivity contribution in [3.63, 3.8) is 0 Å². The normalized spacial score (nSPS) is 26.8. The largest absolute Gasteiger partial charge is 0.480 e. The first-order valence-electron chi connectivity index (χ1n) is 6.79. The average Bonchev–Trinajstić information content (AvgIpc) is 2.90. The molecule has 1 aliphatic carbocycles. The van der Waals surface area contributed by atoms with Gasteiger partial charge in [0.15, 0.2) is 0 Å². The first-order valence-corrected chi connectivity index (χ1v) is 6.79. The summed E-state index contributed by atoms with van der Waals surface area (Å²) in [5.41, 5.74) is 0. The maximum atomic E-state index is 11.9. The quantitative estimate of drug-likeness (QED) is 0.790. The molecule has 2 atom stereocenters. The van der Waals surface area contributed by atoms with Crippen LogP contribution < -0.4 is 5.32 Å². The molecule has 5 nitrogen and oxygen atoms in total. The Bertz CT molecular complexity index is 306. The number of aliphatic carboxylic acids is 1. The number of carbonyl (C=O) groups is 2. The molecule has 1 heterocycles. The molecular weight excluding hydrogens is 234 g/mol. The number of hydrogen-bond acceptors (Lipinski definition) is 3. The van der Waals surface area contributed by atoms with Gasteiger partial charge in [-0.25, -0.2) is 4.79 Å². The molecule has 0 bridgehead atoms. The van der Waals surface area contributed by atoms with Crippen LogP contribution in [0, 0.1) is 11.8 Å². The number of carboxylic acid groups (broad SMARTS) is 1. The lowest BCUT2D eigenvalue weighted by atomic mass is 9.83. The van der Waals surface area contributed by atoms with Gasteiger partial charge in [-0.15, -0.1) is 0 Å². The minimum absolute atomic E-state index is 0.0857. The zero-order chi connectivity index (χ0) is 13.0. The van der Waals surface area contributed by atoms with Crippen molar-refractivity contribution in [1.29, 1.82) is 0 Å². The van der Waals surface area contributed by atoms with Crippen molar-refractivity contribution in [1.82, 2.24) is 5.32 Å². The van der Waals surface area contributed by atoms with Gasteiger partial charge in [-0.05, 0) is 25.2 Å². The fourth-order valence-electron chi connectivity index (χ4n) is 2.86. The van der Waals surface area contributed by atoms with Crippen molar-refractivity contribution < 1.29 is 19.4 Å². The molecule has 1 saturated carbocycles. The van der Waals surface area contributed by atoms with Gasteiger partial charge in [0, 0.05) is 6.61 Å². The summed E-state index contributed by atoms with van der Waals surface area (Å²) in [5, 5.41) is 12.0. The first kappa shape index (κ1) is 13.3. The van der Waals surface area contributed by atoms with Crippen LogP contribution >= 0.6 is 0 Å². The summed E-state index contributed by atoms with van der Waals surface area (Å²) in [6, 6.07) is -0.724. The lowest BCUT2D eigenvalue weighted by Crippen LogP contribution is -2.48. The van der Waals surface area contributed by atoms with Gasteiger partial charge in [-0.1, -0.05) is 19.3 Å². The van der Waals surface area contributed by atoms with Gasteiger partial charge in [-0.3, -0.25) is 4.79 Å². The molecule has 2 unspecified atom stereocenters. The van der Waals surface area contributed by atoms with Crippen LogP contribution in [-0.4, -0.2) is 36.2 Å². The van der Waals surface area contributed by atoms with Gasteiger partial charge < -0.3 is 15.2 Å². The van der Waals surface area contributed by atoms with Crippen molar-refractivity contribution in [3.05, 3.63) is 0 Å². The Labute approximate surface area is 107 Å². The minimum atomic E-state index is -0.908. The van der Waals surface area contributed by atoms with E-state index in [0.29, 0.717) is 19.6 Å². The Balaban J connectivity index is 1.92. The van der Waals surface area contributed by atoms with Crippen molar-refractivity contribution in [2.45, 2.75) is 44.6 Å². The van der Waals surface area contributed by atoms with Crippen molar-refractivity contribution in [2.75, 3.05) is 13.2 Å². The fraction of sp³-hybridized carbons (Fsp3) is 0.846. The molecule has 2 N–H and O–H groups in total. The third-order valence-electron chi connectivity index (χ3n) is 3.99. The molecule has 0 aromatic heterocycles. The number of ether oxygens (including phenoxy) is 1. The Hall–Kier alpha value is -1.10. The average molecular weight is 255 g/mol. The smallest absolute Gasteiger partial charge is 0.326 e. The van der Waals surface area contributed by atoms with Gasteiger partial charge in [0.1, 0.15) is 6.04 Å². The molecule has 18 heavy (non-hydrogen) atoms. The highest BCUT2D eigenvalue weighted by molar-refractivity contribution is 5.85. The van der Waals surface area contributed by atoms with E-state index in [2.05, 4.69) is 5.32 Å². The molecule has 2 aliphatic rings. The number of hydrogen-bond donors (Lipinski definition) is 2. The van der Waals surface area contributed by atoms with E-state index in [-0.39, 0.29) is 17.7 Å². The van der Waals surface area contributed by atoms with Gasteiger partial charge >= 0.3 is 5.97 Å². The Morgan fingerprint density at radius 3 is 2.44 bits per heavy atom. The monoisotopic (exact) mass is 255 g/mol. The van der Waals surface area contributed by atoms with Crippen LogP contribution in [0.25, 0.3) is 0 Å². The van der Waals surface area contributed by atoms with E-state index in [1.165, 1.54) is 6.42 Å². The second-order valence-corrected chi connectivity index (χ2v) is 5.28. The molecule has 2 fully saturated rings. The van der Waals surface area contributed by atoms with Crippen LogP contribution in [0.15, 0.2) is 0 Å². The summed E-state index contributed by atoms with van der Waals surface area (Å²) < 4.78 is 5.16. The number of amides is 1. The van der Waals surface area contributed by atoms with Crippen molar-refractivity contribution >= 4 is 11.9 Å². The zero-order valence-electron chi connectivity index (χ0n) is 10.6. The molecule has 0 aromatic rings. The number of carbonyl (C=O) groups excluding carboxylic acids is 1.